The van der Waals surface area contributed by atoms with E-state index in [0.717, 1.165) is 66.7 Å². The van der Waals surface area contributed by atoms with Crippen molar-refractivity contribution >= 4 is 17.5 Å². The molecule has 8 heteroatoms. The van der Waals surface area contributed by atoms with E-state index in [1.54, 1.807) is 14.2 Å². The number of amides is 2. The van der Waals surface area contributed by atoms with E-state index in [1.165, 1.54) is 24.8 Å². The van der Waals surface area contributed by atoms with Gasteiger partial charge in [-0.2, -0.15) is 0 Å². The molecule has 0 aliphatic heterocycles. The molecule has 0 aromatic heterocycles. The molecule has 57 heavy (non-hydrogen) atoms. The van der Waals surface area contributed by atoms with Crippen LogP contribution in [0.5, 0.6) is 11.5 Å². The molecule has 5 fully saturated rings. The number of allylic oxidation sites excluding steroid dienone is 2. The normalized spacial score (nSPS) is 31.9. The highest BCUT2D eigenvalue weighted by Gasteiger charge is 2.59. The second-order valence-corrected chi connectivity index (χ2v) is 18.9. The molecule has 7 aliphatic carbocycles. The number of carbonyl (C=O) groups excluding carboxylic acids is 2. The third kappa shape index (κ3) is 8.01. The zero-order chi connectivity index (χ0) is 40.0. The van der Waals surface area contributed by atoms with Crippen molar-refractivity contribution in [2.45, 2.75) is 115 Å². The number of carbonyl (C=O) groups is 2. The van der Waals surface area contributed by atoms with Crippen molar-refractivity contribution in [1.29, 1.82) is 0 Å². The molecule has 0 radical (unpaired) electrons. The lowest BCUT2D eigenvalue weighted by molar-refractivity contribution is -0.0975. The van der Waals surface area contributed by atoms with Gasteiger partial charge in [0, 0.05) is 28.8 Å². The number of ketones is 1. The Balaban J connectivity index is 1.17. The summed E-state index contributed by atoms with van der Waals surface area (Å²) in [5.74, 6) is 3.40. The molecule has 2 amide bonds. The van der Waals surface area contributed by atoms with Crippen LogP contribution in [0.3, 0.4) is 0 Å². The summed E-state index contributed by atoms with van der Waals surface area (Å²) in [7, 11) is 3.25. The number of hydrogen-bond acceptors (Lipinski definition) is 6. The number of ether oxygens (including phenoxy) is 2. The smallest absolute Gasteiger partial charge is 0.321 e. The minimum Gasteiger partial charge on any atom is -0.497 e. The molecule has 8 nitrogen and oxygen atoms in total. The highest BCUT2D eigenvalue weighted by atomic mass is 16.5. The fourth-order valence-corrected chi connectivity index (χ4v) is 12.4. The van der Waals surface area contributed by atoms with Crippen LogP contribution >= 0.6 is 0 Å². The first-order chi connectivity index (χ1) is 27.4. The molecule has 4 unspecified atom stereocenters. The van der Waals surface area contributed by atoms with Gasteiger partial charge >= 0.3 is 6.03 Å². The van der Waals surface area contributed by atoms with Gasteiger partial charge < -0.3 is 29.9 Å². The number of fused-ring (bicyclic) bond motifs is 8. The van der Waals surface area contributed by atoms with Crippen LogP contribution in [0.2, 0.25) is 0 Å². The zero-order valence-corrected chi connectivity index (χ0v) is 34.4. The maximum absolute atomic E-state index is 14.7. The summed E-state index contributed by atoms with van der Waals surface area (Å²) in [4.78, 5) is 31.2. The monoisotopic (exact) mass is 774 g/mol. The topological polar surface area (TPSA) is 108 Å². The average molecular weight is 775 g/mol. The number of benzene rings is 3. The first-order valence-corrected chi connectivity index (χ1v) is 21.5. The summed E-state index contributed by atoms with van der Waals surface area (Å²) >= 11 is 0. The molecule has 3 N–H and O–H groups in total. The summed E-state index contributed by atoms with van der Waals surface area (Å²) in [6, 6.07) is 20.7. The van der Waals surface area contributed by atoms with Gasteiger partial charge in [0.25, 0.3) is 0 Å². The Bertz CT molecular complexity index is 1940. The Morgan fingerprint density at radius 1 is 0.842 bits per heavy atom. The molecular weight excluding hydrogens is 713 g/mol. The summed E-state index contributed by atoms with van der Waals surface area (Å²) < 4.78 is 10.8. The van der Waals surface area contributed by atoms with Crippen LogP contribution in [0.15, 0.2) is 78.4 Å². The Hall–Kier alpha value is -4.14. The van der Waals surface area contributed by atoms with Gasteiger partial charge in [0.1, 0.15) is 11.5 Å². The van der Waals surface area contributed by atoms with Gasteiger partial charge in [0.2, 0.25) is 0 Å². The van der Waals surface area contributed by atoms with Gasteiger partial charge in [-0.1, -0.05) is 30.7 Å². The fraction of sp³-hybridized carbons (Fsp3) is 0.551. The zero-order valence-electron chi connectivity index (χ0n) is 34.4. The Morgan fingerprint density at radius 3 is 2.11 bits per heavy atom. The SMILES string of the molecule is COc1ccc(NC(=O)N(CC23CC4CC(CC(C4)C2)C3)CC2(O)CCC3c4ccc(cc4C(=O)c4ccc(OC)cc4)CC(O)CCC(C)=CCCC32C)cc1. The maximum Gasteiger partial charge on any atom is 0.321 e. The molecule has 3 aromatic rings. The van der Waals surface area contributed by atoms with Gasteiger partial charge in [-0.05, 0) is 185 Å². The van der Waals surface area contributed by atoms with Crippen molar-refractivity contribution < 1.29 is 29.3 Å². The first kappa shape index (κ1) is 39.7. The third-order valence-electron chi connectivity index (χ3n) is 15.0. The van der Waals surface area contributed by atoms with Gasteiger partial charge in [-0.15, -0.1) is 0 Å². The molecule has 5 saturated carbocycles. The molecule has 4 atom stereocenters. The number of urea groups is 1. The van der Waals surface area contributed by atoms with Crippen LogP contribution in [-0.2, 0) is 6.42 Å². The summed E-state index contributed by atoms with van der Waals surface area (Å²) in [6.07, 6.45) is 13.7. The molecule has 0 saturated heterocycles. The van der Waals surface area contributed by atoms with Crippen molar-refractivity contribution in [1.82, 2.24) is 4.90 Å². The van der Waals surface area contributed by atoms with Crippen LogP contribution in [0.25, 0.3) is 0 Å². The predicted octanol–water partition coefficient (Wildman–Crippen LogP) is 9.72. The fourth-order valence-electron chi connectivity index (χ4n) is 12.4. The number of anilines is 1. The first-order valence-electron chi connectivity index (χ1n) is 21.5. The van der Waals surface area contributed by atoms with Gasteiger partial charge in [0.05, 0.1) is 32.5 Å². The van der Waals surface area contributed by atoms with E-state index >= 15 is 0 Å². The quantitative estimate of drug-likeness (QED) is 0.148. The number of aliphatic hydroxyl groups excluding tert-OH is 1. The van der Waals surface area contributed by atoms with Crippen LogP contribution < -0.4 is 14.8 Å². The highest BCUT2D eigenvalue weighted by Crippen LogP contribution is 2.62. The van der Waals surface area contributed by atoms with Crippen LogP contribution in [0.1, 0.15) is 124 Å². The second kappa shape index (κ2) is 15.9. The van der Waals surface area contributed by atoms with Crippen molar-refractivity contribution in [3.63, 3.8) is 0 Å². The minimum absolute atomic E-state index is 0.0721. The lowest BCUT2D eigenvalue weighted by atomic mass is 9.49. The standard InChI is InChI=1S/C49H62N2O6/c1-32-6-5-20-47(2)44(42-18-8-33(25-39(52)13-7-32)26-43(42)45(53)37-9-14-40(56-3)15-10-37)19-21-49(47,55)31-51(46(54)50-38-11-16-41(57-4)17-12-38)30-48-27-34-22-35(28-48)24-36(23-34)29-48/h6,8-12,14-18,26,34-36,39,44,52,55H,5,7,13,19-25,27-31H2,1-4H3,(H,50,54). The summed E-state index contributed by atoms with van der Waals surface area (Å²) in [6.45, 7) is 5.20. The van der Waals surface area contributed by atoms with Crippen LogP contribution in [0.4, 0.5) is 10.5 Å². The molecule has 7 aliphatic rings. The largest absolute Gasteiger partial charge is 0.497 e. The van der Waals surface area contributed by atoms with E-state index in [1.807, 2.05) is 59.5 Å². The van der Waals surface area contributed by atoms with Crippen molar-refractivity contribution in [2.24, 2.45) is 28.6 Å². The van der Waals surface area contributed by atoms with Crippen molar-refractivity contribution in [2.75, 3.05) is 32.6 Å². The average Bonchev–Trinajstić information content (AvgIpc) is 3.44. The van der Waals surface area contributed by atoms with E-state index in [0.29, 0.717) is 61.2 Å². The molecule has 0 spiro atoms. The predicted molar refractivity (Wildman–Crippen MR) is 224 cm³/mol. The second-order valence-electron chi connectivity index (χ2n) is 18.9. The summed E-state index contributed by atoms with van der Waals surface area (Å²) in [5.41, 5.74) is 3.17. The van der Waals surface area contributed by atoms with E-state index < -0.39 is 17.1 Å². The maximum atomic E-state index is 14.7. The van der Waals surface area contributed by atoms with Crippen molar-refractivity contribution in [3.8, 4) is 11.5 Å². The number of nitrogens with one attached hydrogen (secondary N) is 1. The Labute approximate surface area is 339 Å². The molecule has 304 valence electrons. The van der Waals surface area contributed by atoms with Crippen molar-refractivity contribution in [3.05, 3.63) is 101 Å². The molecular formula is C49H62N2O6. The number of methoxy groups -OCH3 is 2. The number of nitrogens with zero attached hydrogens (tertiary/aromatic N) is 1. The Kier molecular flexibility index (Phi) is 11.1. The Morgan fingerprint density at radius 2 is 1.47 bits per heavy atom. The minimum atomic E-state index is -1.22. The van der Waals surface area contributed by atoms with Gasteiger partial charge in [0.15, 0.2) is 5.78 Å². The number of aliphatic hydroxyl groups is 2. The molecule has 0 heterocycles. The summed E-state index contributed by atoms with van der Waals surface area (Å²) in [5, 5.41) is 27.7. The lowest BCUT2D eigenvalue weighted by Crippen LogP contribution is -2.58. The van der Waals surface area contributed by atoms with Crippen LogP contribution in [-0.4, -0.2) is 65.9 Å². The van der Waals surface area contributed by atoms with Gasteiger partial charge in [-0.3, -0.25) is 4.79 Å². The number of rotatable bonds is 9. The van der Waals surface area contributed by atoms with E-state index in [4.69, 9.17) is 9.47 Å². The lowest BCUT2D eigenvalue weighted by Gasteiger charge is -2.58. The molecule has 6 bridgehead atoms. The van der Waals surface area contributed by atoms with Gasteiger partial charge in [-0.25, -0.2) is 4.79 Å². The molecule has 10 rings (SSSR count). The highest BCUT2D eigenvalue weighted by molar-refractivity contribution is 6.10. The van der Waals surface area contributed by atoms with Crippen LogP contribution in [0, 0.1) is 28.6 Å². The number of hydrogen-bond donors (Lipinski definition) is 3. The van der Waals surface area contributed by atoms with E-state index in [-0.39, 0.29) is 29.7 Å². The molecule has 3 aromatic carbocycles. The van der Waals surface area contributed by atoms with E-state index in [9.17, 15) is 19.8 Å². The third-order valence-corrected chi connectivity index (χ3v) is 15.0. The van der Waals surface area contributed by atoms with E-state index in [2.05, 4.69) is 37.4 Å².